The number of carbonyl (C=O) groups is 2. The molecule has 2 fully saturated rings. The van der Waals surface area contributed by atoms with Gasteiger partial charge in [0.2, 0.25) is 0 Å². The maximum absolute atomic E-state index is 12.8. The molecule has 14 heteroatoms. The zero-order chi connectivity index (χ0) is 32.6. The van der Waals surface area contributed by atoms with Gasteiger partial charge in [-0.2, -0.15) is 4.91 Å². The van der Waals surface area contributed by atoms with Crippen molar-refractivity contribution in [3.63, 3.8) is 0 Å². The van der Waals surface area contributed by atoms with Gasteiger partial charge in [0.25, 0.3) is 11.8 Å². The van der Waals surface area contributed by atoms with Crippen LogP contribution in [0.5, 0.6) is 0 Å². The fourth-order valence-corrected chi connectivity index (χ4v) is 5.43. The van der Waals surface area contributed by atoms with Gasteiger partial charge in [-0.15, -0.1) is 0 Å². The van der Waals surface area contributed by atoms with E-state index in [4.69, 9.17) is 22.3 Å². The number of aliphatic hydroxyl groups is 1. The molecule has 2 aliphatic rings. The van der Waals surface area contributed by atoms with Crippen molar-refractivity contribution >= 4 is 29.3 Å². The van der Waals surface area contributed by atoms with Gasteiger partial charge in [0, 0.05) is 52.1 Å². The molecule has 7 N–H and O–H groups in total. The van der Waals surface area contributed by atoms with E-state index in [0.29, 0.717) is 36.2 Å². The zero-order valence-corrected chi connectivity index (χ0v) is 26.6. The predicted molar refractivity (Wildman–Crippen MR) is 173 cm³/mol. The number of aromatic nitrogens is 3. The van der Waals surface area contributed by atoms with Gasteiger partial charge in [-0.25, -0.2) is 15.0 Å². The number of unbranched alkanes of at least 4 members (excludes halogenated alkanes) is 1. The monoisotopic (exact) mass is 614 g/mol. The van der Waals surface area contributed by atoms with Crippen LogP contribution in [0.2, 0.25) is 0 Å². The lowest BCUT2D eigenvalue weighted by molar-refractivity contribution is 0.0648. The van der Waals surface area contributed by atoms with Crippen LogP contribution >= 0.6 is 0 Å². The Kier molecular flexibility index (Phi) is 15.4. The Morgan fingerprint density at radius 2 is 1.70 bits per heavy atom. The molecule has 244 valence electrons. The highest BCUT2D eigenvalue weighted by atomic mass is 16.3. The lowest BCUT2D eigenvalue weighted by Crippen LogP contribution is -2.47. The van der Waals surface area contributed by atoms with Crippen molar-refractivity contribution in [3.8, 4) is 0 Å². The number of amides is 2. The molecule has 14 nitrogen and oxygen atoms in total. The van der Waals surface area contributed by atoms with Gasteiger partial charge >= 0.3 is 0 Å². The van der Waals surface area contributed by atoms with Crippen LogP contribution < -0.4 is 22.1 Å². The number of nitroso groups, excluding NO2 is 1. The Morgan fingerprint density at radius 3 is 2.25 bits per heavy atom. The second-order valence-electron chi connectivity index (χ2n) is 11.1. The van der Waals surface area contributed by atoms with E-state index < -0.39 is 5.91 Å². The second-order valence-corrected chi connectivity index (χ2v) is 11.1. The fraction of sp³-hybridized carbons (Fsp3) is 0.633. The van der Waals surface area contributed by atoms with Crippen LogP contribution in [0.3, 0.4) is 0 Å². The minimum atomic E-state index is -0.680. The third kappa shape index (κ3) is 10.4. The van der Waals surface area contributed by atoms with Gasteiger partial charge < -0.3 is 37.0 Å². The van der Waals surface area contributed by atoms with Crippen LogP contribution in [-0.2, 0) is 0 Å². The van der Waals surface area contributed by atoms with E-state index in [0.717, 1.165) is 65.3 Å². The normalized spacial score (nSPS) is 15.2. The first-order valence-corrected chi connectivity index (χ1v) is 15.3. The second kappa shape index (κ2) is 18.7. The lowest BCUT2D eigenvalue weighted by Gasteiger charge is -2.38. The number of pyridine rings is 1. The molecule has 0 bridgehead atoms. The number of nitrogens with two attached hydrogens (primary N) is 3. The number of piperidine rings is 1. The van der Waals surface area contributed by atoms with Crippen molar-refractivity contribution < 1.29 is 14.7 Å². The van der Waals surface area contributed by atoms with Crippen molar-refractivity contribution in [2.45, 2.75) is 77.3 Å². The summed E-state index contributed by atoms with van der Waals surface area (Å²) >= 11 is 0. The number of likely N-dealkylation sites (N-methyl/N-ethyl adjacent to an activating group) is 1. The molecule has 3 heterocycles. The van der Waals surface area contributed by atoms with Crippen molar-refractivity contribution in [1.29, 1.82) is 0 Å². The van der Waals surface area contributed by atoms with E-state index in [1.54, 1.807) is 18.3 Å². The van der Waals surface area contributed by atoms with E-state index in [1.807, 2.05) is 11.8 Å². The summed E-state index contributed by atoms with van der Waals surface area (Å²) in [6.07, 6.45) is 9.87. The van der Waals surface area contributed by atoms with Crippen LogP contribution in [0.1, 0.15) is 84.8 Å². The van der Waals surface area contributed by atoms with Crippen molar-refractivity contribution in [3.05, 3.63) is 40.2 Å². The largest absolute Gasteiger partial charge is 0.400 e. The summed E-state index contributed by atoms with van der Waals surface area (Å²) in [5, 5.41) is 9.94. The molecular formula is C30H50N10O4. The number of hydrogen-bond acceptors (Lipinski definition) is 12. The van der Waals surface area contributed by atoms with E-state index >= 15 is 0 Å². The molecule has 0 unspecified atom stereocenters. The average Bonchev–Trinajstić information content (AvgIpc) is 3.58. The average molecular weight is 615 g/mol. The summed E-state index contributed by atoms with van der Waals surface area (Å²) in [5.41, 5.74) is 18.3. The van der Waals surface area contributed by atoms with Crippen LogP contribution in [0.25, 0.3) is 0 Å². The molecule has 2 aromatic rings. The minimum Gasteiger partial charge on any atom is -0.400 e. The van der Waals surface area contributed by atoms with Gasteiger partial charge in [0.15, 0.2) is 17.3 Å². The molecule has 2 aromatic heterocycles. The van der Waals surface area contributed by atoms with Crippen molar-refractivity contribution in [2.75, 3.05) is 63.2 Å². The molecular weight excluding hydrogens is 564 g/mol. The molecule has 0 aromatic carbocycles. The van der Waals surface area contributed by atoms with Gasteiger partial charge in [0.05, 0.1) is 17.3 Å². The molecule has 1 saturated heterocycles. The van der Waals surface area contributed by atoms with Gasteiger partial charge in [-0.3, -0.25) is 9.59 Å². The Labute approximate surface area is 260 Å². The Morgan fingerprint density at radius 1 is 1.05 bits per heavy atom. The van der Waals surface area contributed by atoms with E-state index in [9.17, 15) is 14.5 Å². The highest BCUT2D eigenvalue weighted by molar-refractivity contribution is 5.98. The van der Waals surface area contributed by atoms with Crippen molar-refractivity contribution in [1.82, 2.24) is 24.8 Å². The topological polar surface area (TPSA) is 210 Å². The molecule has 0 spiro atoms. The number of nitrogens with zero attached hydrogens (tertiary/aromatic N) is 7. The lowest BCUT2D eigenvalue weighted by atomic mass is 10.0. The third-order valence-corrected chi connectivity index (χ3v) is 8.03. The third-order valence-electron chi connectivity index (χ3n) is 8.03. The number of rotatable bonds is 11. The summed E-state index contributed by atoms with van der Waals surface area (Å²) in [6.45, 7) is 7.69. The zero-order valence-electron chi connectivity index (χ0n) is 26.6. The first-order valence-electron chi connectivity index (χ1n) is 15.3. The molecule has 1 saturated carbocycles. The van der Waals surface area contributed by atoms with Crippen molar-refractivity contribution in [2.24, 2.45) is 10.9 Å². The number of hydrogen-bond donors (Lipinski definition) is 4. The smallest absolute Gasteiger partial charge is 0.271 e. The highest BCUT2D eigenvalue weighted by Crippen LogP contribution is 2.22. The highest BCUT2D eigenvalue weighted by Gasteiger charge is 2.27. The van der Waals surface area contributed by atoms with E-state index in [1.165, 1.54) is 12.8 Å². The summed E-state index contributed by atoms with van der Waals surface area (Å²) in [5.74, 6) is 0.267. The van der Waals surface area contributed by atoms with Gasteiger partial charge in [-0.05, 0) is 58.2 Å². The standard InChI is InChI=1S/C24H37N9O2.C5H9NO.CH4O/c1-4-5-11-32(23-16(2)29-19(22(27)34)21(26)30-23)15-14-31(3)17-8-12-33(13-9-17)24(35)18-7-6-10-28-20(18)25;7-6-5-3-1-2-4-5;1-2/h6-7,10,17H,4-5,8-9,11-15H2,1-3H3,(H2,25,28)(H2,26,30)(H2,27,34);5H,1-4H2;2H,1H3. The molecule has 44 heavy (non-hydrogen) atoms. The molecule has 2 amide bonds. The first kappa shape index (κ1) is 36.3. The van der Waals surface area contributed by atoms with Gasteiger partial charge in [-0.1, -0.05) is 31.4 Å². The van der Waals surface area contributed by atoms with Gasteiger partial charge in [0.1, 0.15) is 5.82 Å². The molecule has 1 aliphatic heterocycles. The molecule has 0 radical (unpaired) electrons. The summed E-state index contributed by atoms with van der Waals surface area (Å²) in [6, 6.07) is 3.99. The van der Waals surface area contributed by atoms with Crippen LogP contribution in [0.15, 0.2) is 23.5 Å². The Hall–Kier alpha value is -3.91. The molecule has 0 atom stereocenters. The molecule has 4 rings (SSSR count). The predicted octanol–water partition coefficient (Wildman–Crippen LogP) is 2.59. The SMILES string of the molecule is CCCCN(CCN(C)C1CCN(C(=O)c2cccnc2N)CC1)c1nc(N)c(C(N)=O)nc1C.CO.O=NC1CCCC1. The summed E-state index contributed by atoms with van der Waals surface area (Å²) in [4.78, 5) is 53.3. The van der Waals surface area contributed by atoms with Crippen LogP contribution in [0.4, 0.5) is 17.5 Å². The maximum atomic E-state index is 12.8. The van der Waals surface area contributed by atoms with Crippen LogP contribution in [-0.4, -0.2) is 101 Å². The van der Waals surface area contributed by atoms with E-state index in [2.05, 4.69) is 43.9 Å². The quantitative estimate of drug-likeness (QED) is 0.270. The Balaban J connectivity index is 0.000000649. The number of carbonyl (C=O) groups excluding carboxylic acids is 2. The Bertz CT molecular complexity index is 1200. The summed E-state index contributed by atoms with van der Waals surface area (Å²) in [7, 11) is 3.11. The number of aliphatic hydroxyl groups excluding tert-OH is 1. The first-order chi connectivity index (χ1) is 21.2. The number of likely N-dealkylation sites (tertiary alicyclic amines) is 1. The van der Waals surface area contributed by atoms with E-state index in [-0.39, 0.29) is 29.3 Å². The summed E-state index contributed by atoms with van der Waals surface area (Å²) < 4.78 is 0. The molecule has 1 aliphatic carbocycles. The number of primary amides is 1. The minimum absolute atomic E-state index is 0.00755. The number of nitrogen functional groups attached to an aromatic ring is 2. The fourth-order valence-electron chi connectivity index (χ4n) is 5.43. The maximum Gasteiger partial charge on any atom is 0.271 e. The van der Waals surface area contributed by atoms with Crippen LogP contribution in [0, 0.1) is 11.8 Å². The number of aryl methyl sites for hydroxylation is 1. The number of anilines is 3.